The molecule has 0 radical (unpaired) electrons. The summed E-state index contributed by atoms with van der Waals surface area (Å²) < 4.78 is 0. The van der Waals surface area contributed by atoms with Gasteiger partial charge in [0.05, 0.1) is 11.7 Å². The highest BCUT2D eigenvalue weighted by molar-refractivity contribution is 5.20. The van der Waals surface area contributed by atoms with E-state index in [1.165, 1.54) is 57.8 Å². The molecule has 0 amide bonds. The van der Waals surface area contributed by atoms with E-state index in [4.69, 9.17) is 0 Å². The van der Waals surface area contributed by atoms with Crippen LogP contribution in [0.3, 0.4) is 0 Å². The molecule has 0 aromatic rings. The molecule has 10 atom stereocenters. The van der Waals surface area contributed by atoms with Crippen LogP contribution in [-0.4, -0.2) is 21.9 Å². The predicted molar refractivity (Wildman–Crippen MR) is 132 cm³/mol. The molecule has 2 nitrogen and oxygen atoms in total. The Labute approximate surface area is 198 Å². The summed E-state index contributed by atoms with van der Waals surface area (Å²) in [5, 5.41) is 22.8. The van der Waals surface area contributed by atoms with Crippen molar-refractivity contribution in [3.63, 3.8) is 0 Å². The second kappa shape index (κ2) is 6.77. The normalized spacial score (nSPS) is 57.2. The van der Waals surface area contributed by atoms with E-state index >= 15 is 0 Å². The van der Waals surface area contributed by atoms with Gasteiger partial charge in [-0.1, -0.05) is 48.0 Å². The summed E-state index contributed by atoms with van der Waals surface area (Å²) in [6, 6.07) is 0. The first-order valence-corrected chi connectivity index (χ1v) is 14.0. The zero-order valence-electron chi connectivity index (χ0n) is 22.4. The van der Waals surface area contributed by atoms with Gasteiger partial charge >= 0.3 is 0 Å². The van der Waals surface area contributed by atoms with Crippen LogP contribution in [0.2, 0.25) is 0 Å². The molecule has 184 valence electrons. The van der Waals surface area contributed by atoms with Gasteiger partial charge in [-0.2, -0.15) is 0 Å². The molecular formula is C30H52O2. The molecule has 5 rings (SSSR count). The van der Waals surface area contributed by atoms with Gasteiger partial charge in [0.1, 0.15) is 0 Å². The Bertz CT molecular complexity index is 765. The lowest BCUT2D eigenvalue weighted by atomic mass is 9.31. The molecule has 0 aromatic carbocycles. The van der Waals surface area contributed by atoms with Gasteiger partial charge in [-0.05, 0) is 128 Å². The summed E-state index contributed by atoms with van der Waals surface area (Å²) in [6.07, 6.45) is 12.5. The van der Waals surface area contributed by atoms with Gasteiger partial charge in [-0.3, -0.25) is 0 Å². The van der Waals surface area contributed by atoms with E-state index in [9.17, 15) is 10.2 Å². The fourth-order valence-electron chi connectivity index (χ4n) is 12.3. The van der Waals surface area contributed by atoms with Gasteiger partial charge in [0.25, 0.3) is 0 Å². The maximum Gasteiger partial charge on any atom is 0.0622 e. The largest absolute Gasteiger partial charge is 0.393 e. The van der Waals surface area contributed by atoms with Crippen LogP contribution in [0.4, 0.5) is 0 Å². The molecule has 32 heavy (non-hydrogen) atoms. The first-order chi connectivity index (χ1) is 14.6. The van der Waals surface area contributed by atoms with E-state index in [2.05, 4.69) is 55.4 Å². The minimum absolute atomic E-state index is 0.162. The number of aliphatic hydroxyl groups excluding tert-OH is 1. The second-order valence-electron chi connectivity index (χ2n) is 15.6. The van der Waals surface area contributed by atoms with Crippen molar-refractivity contribution in [2.45, 2.75) is 131 Å². The summed E-state index contributed by atoms with van der Waals surface area (Å²) in [7, 11) is 0. The lowest BCUT2D eigenvalue weighted by Gasteiger charge is -2.73. The monoisotopic (exact) mass is 444 g/mol. The average molecular weight is 445 g/mol. The highest BCUT2D eigenvalue weighted by Gasteiger charge is 2.72. The average Bonchev–Trinajstić information content (AvgIpc) is 2.98. The van der Waals surface area contributed by atoms with Crippen molar-refractivity contribution in [2.24, 2.45) is 56.7 Å². The summed E-state index contributed by atoms with van der Waals surface area (Å²) in [5.41, 5.74) is 0.819. The number of fused-ring (bicyclic) bond motifs is 7. The Hall–Kier alpha value is -0.0800. The minimum Gasteiger partial charge on any atom is -0.393 e. The maximum atomic E-state index is 11.8. The topological polar surface area (TPSA) is 40.5 Å². The summed E-state index contributed by atoms with van der Waals surface area (Å²) in [5.74, 6) is 3.01. The molecule has 2 heteroatoms. The smallest absolute Gasteiger partial charge is 0.0622 e. The predicted octanol–water partition coefficient (Wildman–Crippen LogP) is 7.22. The van der Waals surface area contributed by atoms with Crippen molar-refractivity contribution < 1.29 is 10.2 Å². The van der Waals surface area contributed by atoms with Crippen LogP contribution in [0.25, 0.3) is 0 Å². The molecule has 5 aliphatic carbocycles. The quantitative estimate of drug-likeness (QED) is 0.448. The van der Waals surface area contributed by atoms with Crippen molar-refractivity contribution in [1.82, 2.24) is 0 Å². The number of rotatable bonds is 1. The van der Waals surface area contributed by atoms with Crippen LogP contribution in [0, 0.1) is 56.7 Å². The zero-order chi connectivity index (χ0) is 23.5. The third kappa shape index (κ3) is 2.78. The van der Waals surface area contributed by atoms with Crippen LogP contribution in [0.5, 0.6) is 0 Å². The second-order valence-corrected chi connectivity index (χ2v) is 15.6. The standard InChI is InChI=1S/C30H52O2/c1-25(2)14-9-15-28(6)23-11-10-22-27(5)16-12-19(26(3,4)32)20(27)13-17-29(22,7)30(23,8)18-21(31)24(25)28/h19-24,31-32H,9-18H2,1-8H3/t19?,20-,21?,22+,23+,24-,27-,28+,29+,30+/m0/s1. The Morgan fingerprint density at radius 3 is 1.97 bits per heavy atom. The Morgan fingerprint density at radius 1 is 0.719 bits per heavy atom. The third-order valence-corrected chi connectivity index (χ3v) is 13.5. The van der Waals surface area contributed by atoms with Gasteiger partial charge in [-0.25, -0.2) is 0 Å². The molecular weight excluding hydrogens is 392 g/mol. The van der Waals surface area contributed by atoms with Crippen molar-refractivity contribution in [3.8, 4) is 0 Å². The fraction of sp³-hybridized carbons (Fsp3) is 1.00. The molecule has 5 aliphatic rings. The van der Waals surface area contributed by atoms with Gasteiger partial charge in [0.2, 0.25) is 0 Å². The minimum atomic E-state index is -0.563. The van der Waals surface area contributed by atoms with E-state index in [1.54, 1.807) is 0 Å². The Kier molecular flexibility index (Phi) is 5.01. The van der Waals surface area contributed by atoms with Crippen molar-refractivity contribution in [3.05, 3.63) is 0 Å². The first-order valence-electron chi connectivity index (χ1n) is 14.0. The lowest BCUT2D eigenvalue weighted by Crippen LogP contribution is -2.68. The van der Waals surface area contributed by atoms with Crippen molar-refractivity contribution in [2.75, 3.05) is 0 Å². The zero-order valence-corrected chi connectivity index (χ0v) is 22.4. The van der Waals surface area contributed by atoms with E-state index < -0.39 is 5.60 Å². The SMILES string of the molecule is CC(C)(O)C1CC[C@]2(C)[C@H]3CC[C@@H]4[C@@]5(C)CCCC(C)(C)[C@@H]5C(O)C[C@@]4(C)[C@]3(C)CC[C@@H]12. The fourth-order valence-corrected chi connectivity index (χ4v) is 12.3. The molecule has 0 aliphatic heterocycles. The van der Waals surface area contributed by atoms with Gasteiger partial charge in [0, 0.05) is 0 Å². The summed E-state index contributed by atoms with van der Waals surface area (Å²) in [6.45, 7) is 19.4. The molecule has 0 aromatic heterocycles. The van der Waals surface area contributed by atoms with Gasteiger partial charge < -0.3 is 10.2 Å². The highest BCUT2D eigenvalue weighted by Crippen LogP contribution is 2.78. The molecule has 5 saturated carbocycles. The van der Waals surface area contributed by atoms with Gasteiger partial charge in [0.15, 0.2) is 0 Å². The maximum absolute atomic E-state index is 11.8. The molecule has 2 unspecified atom stereocenters. The molecule has 5 fully saturated rings. The number of hydrogen-bond donors (Lipinski definition) is 2. The molecule has 2 N–H and O–H groups in total. The lowest BCUT2D eigenvalue weighted by molar-refractivity contribution is -0.268. The van der Waals surface area contributed by atoms with Crippen LogP contribution >= 0.6 is 0 Å². The van der Waals surface area contributed by atoms with E-state index in [0.29, 0.717) is 28.6 Å². The Morgan fingerprint density at radius 2 is 1.34 bits per heavy atom. The van der Waals surface area contributed by atoms with E-state index in [1.807, 2.05) is 0 Å². The highest BCUT2D eigenvalue weighted by atomic mass is 16.3. The summed E-state index contributed by atoms with van der Waals surface area (Å²) in [4.78, 5) is 0. The number of aliphatic hydroxyl groups is 2. The molecule has 0 saturated heterocycles. The van der Waals surface area contributed by atoms with E-state index in [-0.39, 0.29) is 22.3 Å². The summed E-state index contributed by atoms with van der Waals surface area (Å²) >= 11 is 0. The van der Waals surface area contributed by atoms with Crippen LogP contribution in [0.1, 0.15) is 120 Å². The molecule has 0 heterocycles. The van der Waals surface area contributed by atoms with Crippen molar-refractivity contribution >= 4 is 0 Å². The third-order valence-electron chi connectivity index (χ3n) is 13.5. The van der Waals surface area contributed by atoms with Crippen LogP contribution in [0.15, 0.2) is 0 Å². The molecule has 0 bridgehead atoms. The van der Waals surface area contributed by atoms with Crippen LogP contribution < -0.4 is 0 Å². The van der Waals surface area contributed by atoms with E-state index in [0.717, 1.165) is 18.3 Å². The number of hydrogen-bond acceptors (Lipinski definition) is 2. The molecule has 0 spiro atoms. The van der Waals surface area contributed by atoms with Crippen LogP contribution in [-0.2, 0) is 0 Å². The van der Waals surface area contributed by atoms with Gasteiger partial charge in [-0.15, -0.1) is 0 Å². The first kappa shape index (κ1) is 23.7. The van der Waals surface area contributed by atoms with Crippen molar-refractivity contribution in [1.29, 1.82) is 0 Å². The Balaban J connectivity index is 1.54.